The molecule has 0 atom stereocenters. The van der Waals surface area contributed by atoms with E-state index in [2.05, 4.69) is 9.97 Å². The number of esters is 1. The lowest BCUT2D eigenvalue weighted by Gasteiger charge is -2.20. The Bertz CT molecular complexity index is 1260. The van der Waals surface area contributed by atoms with E-state index in [0.29, 0.717) is 17.4 Å². The molecule has 0 aliphatic rings. The maximum Gasteiger partial charge on any atom is 0.338 e. The normalized spacial score (nSPS) is 10.7. The van der Waals surface area contributed by atoms with Crippen LogP contribution in [0.1, 0.15) is 33.3 Å². The van der Waals surface area contributed by atoms with E-state index in [1.165, 1.54) is 23.3 Å². The molecule has 4 aromatic rings. The van der Waals surface area contributed by atoms with Crippen molar-refractivity contribution >= 4 is 38.6 Å². The number of anilines is 1. The molecule has 0 unspecified atom stereocenters. The van der Waals surface area contributed by atoms with E-state index in [-0.39, 0.29) is 23.6 Å². The van der Waals surface area contributed by atoms with E-state index in [1.807, 2.05) is 43.3 Å². The van der Waals surface area contributed by atoms with Crippen LogP contribution in [0.5, 0.6) is 5.75 Å². The number of ether oxygens (including phenoxy) is 2. The molecule has 4 rings (SSSR count). The number of fused-ring (bicyclic) bond motifs is 1. The molecule has 32 heavy (non-hydrogen) atoms. The second kappa shape index (κ2) is 9.57. The lowest BCUT2D eigenvalue weighted by molar-refractivity contribution is 0.0597. The van der Waals surface area contributed by atoms with Gasteiger partial charge in [-0.05, 0) is 49.4 Å². The quantitative estimate of drug-likeness (QED) is 0.381. The third-order valence-electron chi connectivity index (χ3n) is 4.74. The first-order chi connectivity index (χ1) is 15.6. The van der Waals surface area contributed by atoms with Crippen molar-refractivity contribution in [1.29, 1.82) is 0 Å². The third-order valence-corrected chi connectivity index (χ3v) is 5.79. The summed E-state index contributed by atoms with van der Waals surface area (Å²) in [6.07, 6.45) is 1.67. The van der Waals surface area contributed by atoms with Crippen molar-refractivity contribution < 1.29 is 19.1 Å². The highest BCUT2D eigenvalue weighted by atomic mass is 32.1. The maximum absolute atomic E-state index is 13.7. The Labute approximate surface area is 189 Å². The van der Waals surface area contributed by atoms with Gasteiger partial charge >= 0.3 is 5.97 Å². The van der Waals surface area contributed by atoms with Gasteiger partial charge in [-0.2, -0.15) is 0 Å². The van der Waals surface area contributed by atoms with Gasteiger partial charge in [-0.1, -0.05) is 29.5 Å². The highest BCUT2D eigenvalue weighted by Gasteiger charge is 2.26. The number of amides is 1. The molecule has 0 bridgehead atoms. The molecule has 0 N–H and O–H groups in total. The summed E-state index contributed by atoms with van der Waals surface area (Å²) in [5, 5.41) is 0.504. The van der Waals surface area contributed by atoms with E-state index in [9.17, 15) is 9.59 Å². The summed E-state index contributed by atoms with van der Waals surface area (Å²) in [5.74, 6) is -0.188. The van der Waals surface area contributed by atoms with Gasteiger partial charge in [0.25, 0.3) is 5.91 Å². The number of hydrogen-bond donors (Lipinski definition) is 0. The Kier molecular flexibility index (Phi) is 6.42. The monoisotopic (exact) mass is 447 g/mol. The fraction of sp³-hybridized carbons (Fsp3) is 0.167. The summed E-state index contributed by atoms with van der Waals surface area (Å²) in [4.78, 5) is 36.5. The molecule has 0 saturated heterocycles. The lowest BCUT2D eigenvalue weighted by atomic mass is 10.1. The van der Waals surface area contributed by atoms with Gasteiger partial charge in [0.1, 0.15) is 5.75 Å². The van der Waals surface area contributed by atoms with Crippen LogP contribution in [0.4, 0.5) is 5.13 Å². The van der Waals surface area contributed by atoms with Crippen molar-refractivity contribution in [3.8, 4) is 5.75 Å². The second-order valence-electron chi connectivity index (χ2n) is 6.81. The van der Waals surface area contributed by atoms with Gasteiger partial charge in [-0.15, -0.1) is 0 Å². The number of methoxy groups -OCH3 is 1. The number of nitrogens with zero attached hydrogens (tertiary/aromatic N) is 3. The molecule has 2 heterocycles. The van der Waals surface area contributed by atoms with Crippen LogP contribution in [0.3, 0.4) is 0 Å². The summed E-state index contributed by atoms with van der Waals surface area (Å²) in [7, 11) is 1.29. The molecule has 1 amide bonds. The Morgan fingerprint density at radius 2 is 1.81 bits per heavy atom. The summed E-state index contributed by atoms with van der Waals surface area (Å²) in [5.41, 5.74) is 1.90. The predicted molar refractivity (Wildman–Crippen MR) is 123 cm³/mol. The van der Waals surface area contributed by atoms with Crippen molar-refractivity contribution in [2.45, 2.75) is 13.5 Å². The topological polar surface area (TPSA) is 81.6 Å². The standard InChI is InChI=1S/C24H21N3O4S/c1-3-31-17-11-12-20-21(14-17)32-24(26-20)27(15-16-8-6-7-13-25-16)22(28)18-9-4-5-10-19(18)23(29)30-2/h4-14H,3,15H2,1-2H3. The molecule has 162 valence electrons. The van der Waals surface area contributed by atoms with Crippen molar-refractivity contribution in [3.05, 3.63) is 83.7 Å². The summed E-state index contributed by atoms with van der Waals surface area (Å²) >= 11 is 1.38. The molecule has 8 heteroatoms. The molecule has 0 saturated carbocycles. The summed E-state index contributed by atoms with van der Waals surface area (Å²) in [6, 6.07) is 17.7. The van der Waals surface area contributed by atoms with E-state index in [1.54, 1.807) is 30.5 Å². The SMILES string of the molecule is CCOc1ccc2nc(N(Cc3ccccn3)C(=O)c3ccccc3C(=O)OC)sc2c1. The highest BCUT2D eigenvalue weighted by Crippen LogP contribution is 2.33. The number of rotatable bonds is 7. The average molecular weight is 448 g/mol. The number of benzene rings is 2. The minimum Gasteiger partial charge on any atom is -0.494 e. The molecule has 0 radical (unpaired) electrons. The van der Waals surface area contributed by atoms with E-state index in [4.69, 9.17) is 9.47 Å². The van der Waals surface area contributed by atoms with Gasteiger partial charge in [-0.3, -0.25) is 14.7 Å². The van der Waals surface area contributed by atoms with Crippen LogP contribution in [0.25, 0.3) is 10.2 Å². The maximum atomic E-state index is 13.7. The van der Waals surface area contributed by atoms with Gasteiger partial charge in [0, 0.05) is 6.20 Å². The fourth-order valence-electron chi connectivity index (χ4n) is 3.25. The van der Waals surface area contributed by atoms with Crippen LogP contribution in [-0.4, -0.2) is 35.6 Å². The van der Waals surface area contributed by atoms with Gasteiger partial charge < -0.3 is 9.47 Å². The van der Waals surface area contributed by atoms with Crippen LogP contribution in [0.2, 0.25) is 0 Å². The largest absolute Gasteiger partial charge is 0.494 e. The summed E-state index contributed by atoms with van der Waals surface area (Å²) < 4.78 is 11.3. The Morgan fingerprint density at radius 1 is 1.03 bits per heavy atom. The Hall–Kier alpha value is -3.78. The number of aromatic nitrogens is 2. The molecular formula is C24H21N3O4S. The molecule has 0 aliphatic heterocycles. The zero-order valence-electron chi connectivity index (χ0n) is 17.6. The van der Waals surface area contributed by atoms with Crippen LogP contribution < -0.4 is 9.64 Å². The summed E-state index contributed by atoms with van der Waals surface area (Å²) in [6.45, 7) is 2.69. The average Bonchev–Trinajstić information content (AvgIpc) is 3.25. The van der Waals surface area contributed by atoms with Crippen molar-refractivity contribution in [2.75, 3.05) is 18.6 Å². The Morgan fingerprint density at radius 3 is 2.53 bits per heavy atom. The number of thiazole rings is 1. The molecule has 7 nitrogen and oxygen atoms in total. The van der Waals surface area contributed by atoms with E-state index >= 15 is 0 Å². The zero-order chi connectivity index (χ0) is 22.5. The minimum atomic E-state index is -0.572. The number of carbonyl (C=O) groups excluding carboxylic acids is 2. The van der Waals surface area contributed by atoms with Crippen molar-refractivity contribution in [3.63, 3.8) is 0 Å². The second-order valence-corrected chi connectivity index (χ2v) is 7.82. The molecule has 0 spiro atoms. The molecule has 0 aliphatic carbocycles. The zero-order valence-corrected chi connectivity index (χ0v) is 18.5. The fourth-order valence-corrected chi connectivity index (χ4v) is 4.24. The number of hydrogen-bond acceptors (Lipinski definition) is 7. The van der Waals surface area contributed by atoms with Crippen molar-refractivity contribution in [1.82, 2.24) is 9.97 Å². The minimum absolute atomic E-state index is 0.200. The number of pyridine rings is 1. The van der Waals surface area contributed by atoms with Crippen LogP contribution in [0.15, 0.2) is 66.9 Å². The first-order valence-electron chi connectivity index (χ1n) is 10.0. The third kappa shape index (κ3) is 4.45. The van der Waals surface area contributed by atoms with Crippen LogP contribution in [0, 0.1) is 0 Å². The van der Waals surface area contributed by atoms with Gasteiger partial charge in [0.05, 0.1) is 47.3 Å². The van der Waals surface area contributed by atoms with E-state index in [0.717, 1.165) is 16.0 Å². The van der Waals surface area contributed by atoms with Gasteiger partial charge in [-0.25, -0.2) is 9.78 Å². The first kappa shape index (κ1) is 21.5. The first-order valence-corrected chi connectivity index (χ1v) is 10.8. The van der Waals surface area contributed by atoms with Crippen LogP contribution in [-0.2, 0) is 11.3 Å². The number of carbonyl (C=O) groups is 2. The van der Waals surface area contributed by atoms with Crippen molar-refractivity contribution in [2.24, 2.45) is 0 Å². The highest BCUT2D eigenvalue weighted by molar-refractivity contribution is 7.22. The molecule has 0 fully saturated rings. The van der Waals surface area contributed by atoms with Crippen LogP contribution >= 0.6 is 11.3 Å². The molecular weight excluding hydrogens is 426 g/mol. The Balaban J connectivity index is 1.79. The smallest absolute Gasteiger partial charge is 0.338 e. The van der Waals surface area contributed by atoms with E-state index < -0.39 is 5.97 Å². The lowest BCUT2D eigenvalue weighted by Crippen LogP contribution is -2.32. The van der Waals surface area contributed by atoms with Gasteiger partial charge in [0.2, 0.25) is 0 Å². The predicted octanol–water partition coefficient (Wildman–Crippen LogP) is 4.72. The molecule has 2 aromatic carbocycles. The molecule has 2 aromatic heterocycles. The van der Waals surface area contributed by atoms with Gasteiger partial charge in [0.15, 0.2) is 5.13 Å².